The number of hydrogen-bond donors (Lipinski definition) is 2. The molecule has 112 valence electrons. The third-order valence-electron chi connectivity index (χ3n) is 3.80. The van der Waals surface area contributed by atoms with Crippen molar-refractivity contribution in [2.24, 2.45) is 5.41 Å². The van der Waals surface area contributed by atoms with E-state index in [9.17, 15) is 8.42 Å². The number of hydrogen-bond acceptors (Lipinski definition) is 3. The largest absolute Gasteiger partial charge is 0.316 e. The molecule has 0 spiro atoms. The zero-order valence-electron chi connectivity index (χ0n) is 11.9. The van der Waals surface area contributed by atoms with Crippen molar-refractivity contribution in [1.29, 1.82) is 0 Å². The van der Waals surface area contributed by atoms with E-state index in [0.717, 1.165) is 25.9 Å². The van der Waals surface area contributed by atoms with Crippen LogP contribution in [0.3, 0.4) is 0 Å². The molecule has 1 atom stereocenters. The van der Waals surface area contributed by atoms with E-state index in [0.29, 0.717) is 22.0 Å². The molecule has 0 aliphatic carbocycles. The van der Waals surface area contributed by atoms with Gasteiger partial charge >= 0.3 is 0 Å². The van der Waals surface area contributed by atoms with Gasteiger partial charge in [0, 0.05) is 18.1 Å². The van der Waals surface area contributed by atoms with Crippen LogP contribution in [0.4, 0.5) is 0 Å². The van der Waals surface area contributed by atoms with Crippen LogP contribution in [0, 0.1) is 12.3 Å². The Labute approximate surface area is 126 Å². The van der Waals surface area contributed by atoms with E-state index in [1.807, 2.05) is 0 Å². The van der Waals surface area contributed by atoms with E-state index >= 15 is 0 Å². The summed E-state index contributed by atoms with van der Waals surface area (Å²) in [6.07, 6.45) is 2.11. The predicted octanol–water partition coefficient (Wildman–Crippen LogP) is 2.32. The molecule has 1 aliphatic rings. The van der Waals surface area contributed by atoms with Crippen molar-refractivity contribution in [3.8, 4) is 0 Å². The van der Waals surface area contributed by atoms with Crippen molar-refractivity contribution in [1.82, 2.24) is 10.0 Å². The van der Waals surface area contributed by atoms with Crippen LogP contribution in [0.2, 0.25) is 5.02 Å². The number of halogens is 1. The number of piperidine rings is 1. The summed E-state index contributed by atoms with van der Waals surface area (Å²) < 4.78 is 27.5. The quantitative estimate of drug-likeness (QED) is 0.896. The molecule has 0 aromatic heterocycles. The molecule has 1 fully saturated rings. The van der Waals surface area contributed by atoms with E-state index < -0.39 is 10.0 Å². The number of benzene rings is 1. The molecule has 1 aliphatic heterocycles. The molecule has 2 rings (SSSR count). The average Bonchev–Trinajstić information content (AvgIpc) is 2.37. The van der Waals surface area contributed by atoms with Gasteiger partial charge in [-0.1, -0.05) is 18.5 Å². The van der Waals surface area contributed by atoms with Crippen LogP contribution in [-0.4, -0.2) is 28.1 Å². The normalized spacial score (nSPS) is 23.8. The lowest BCUT2D eigenvalue weighted by atomic mass is 9.83. The van der Waals surface area contributed by atoms with Gasteiger partial charge in [-0.25, -0.2) is 13.1 Å². The van der Waals surface area contributed by atoms with Crippen molar-refractivity contribution in [3.05, 3.63) is 28.8 Å². The molecule has 6 heteroatoms. The standard InChI is InChI=1S/C14H21ClN2O2S/c1-11-8-12(15)4-5-13(11)20(18,19)17-10-14(2)6-3-7-16-9-14/h4-5,8,16-17H,3,6-7,9-10H2,1-2H3. The maximum absolute atomic E-state index is 12.4. The highest BCUT2D eigenvalue weighted by atomic mass is 35.5. The highest BCUT2D eigenvalue weighted by molar-refractivity contribution is 7.89. The summed E-state index contributed by atoms with van der Waals surface area (Å²) in [5.74, 6) is 0. The van der Waals surface area contributed by atoms with Crippen LogP contribution in [0.1, 0.15) is 25.3 Å². The average molecular weight is 317 g/mol. The second-order valence-electron chi connectivity index (χ2n) is 5.83. The molecular formula is C14H21ClN2O2S. The molecule has 2 N–H and O–H groups in total. The molecule has 1 heterocycles. The third-order valence-corrected chi connectivity index (χ3v) is 5.60. The van der Waals surface area contributed by atoms with Crippen molar-refractivity contribution in [2.75, 3.05) is 19.6 Å². The zero-order valence-corrected chi connectivity index (χ0v) is 13.4. The fourth-order valence-electron chi connectivity index (χ4n) is 2.53. The van der Waals surface area contributed by atoms with Crippen LogP contribution < -0.4 is 10.0 Å². The van der Waals surface area contributed by atoms with E-state index in [2.05, 4.69) is 17.0 Å². The molecule has 1 saturated heterocycles. The molecule has 0 radical (unpaired) electrons. The smallest absolute Gasteiger partial charge is 0.240 e. The first kappa shape index (κ1) is 15.8. The predicted molar refractivity (Wildman–Crippen MR) is 81.6 cm³/mol. The van der Waals surface area contributed by atoms with Crippen LogP contribution in [0.5, 0.6) is 0 Å². The minimum atomic E-state index is -3.48. The van der Waals surface area contributed by atoms with Gasteiger partial charge in [-0.15, -0.1) is 0 Å². The Kier molecular flexibility index (Phi) is 4.74. The minimum absolute atomic E-state index is 0.0222. The fraction of sp³-hybridized carbons (Fsp3) is 0.571. The summed E-state index contributed by atoms with van der Waals surface area (Å²) in [4.78, 5) is 0.300. The van der Waals surface area contributed by atoms with E-state index in [1.54, 1.807) is 25.1 Å². The summed E-state index contributed by atoms with van der Waals surface area (Å²) in [6, 6.07) is 4.83. The minimum Gasteiger partial charge on any atom is -0.316 e. The second kappa shape index (κ2) is 6.02. The Morgan fingerprint density at radius 1 is 1.45 bits per heavy atom. The molecule has 20 heavy (non-hydrogen) atoms. The first-order chi connectivity index (χ1) is 9.32. The lowest BCUT2D eigenvalue weighted by molar-refractivity contribution is 0.238. The molecule has 1 aromatic rings. The van der Waals surface area contributed by atoms with Crippen LogP contribution in [0.25, 0.3) is 0 Å². The van der Waals surface area contributed by atoms with Crippen LogP contribution in [-0.2, 0) is 10.0 Å². The Balaban J connectivity index is 2.11. The van der Waals surface area contributed by atoms with Crippen molar-refractivity contribution in [3.63, 3.8) is 0 Å². The highest BCUT2D eigenvalue weighted by Crippen LogP contribution is 2.26. The Hall–Kier alpha value is -0.620. The van der Waals surface area contributed by atoms with Gasteiger partial charge in [0.25, 0.3) is 0 Å². The Morgan fingerprint density at radius 2 is 2.20 bits per heavy atom. The van der Waals surface area contributed by atoms with E-state index in [-0.39, 0.29) is 5.41 Å². The number of nitrogens with one attached hydrogen (secondary N) is 2. The monoisotopic (exact) mass is 316 g/mol. The summed E-state index contributed by atoms with van der Waals surface area (Å²) >= 11 is 5.86. The molecule has 1 aromatic carbocycles. The summed E-state index contributed by atoms with van der Waals surface area (Å²) in [7, 11) is -3.48. The number of rotatable bonds is 4. The van der Waals surface area contributed by atoms with Gasteiger partial charge in [-0.05, 0) is 55.5 Å². The summed E-state index contributed by atoms with van der Waals surface area (Å²) in [5.41, 5.74) is 0.642. The number of aryl methyl sites for hydroxylation is 1. The summed E-state index contributed by atoms with van der Waals surface area (Å²) in [6.45, 7) is 6.17. The molecule has 4 nitrogen and oxygen atoms in total. The topological polar surface area (TPSA) is 58.2 Å². The van der Waals surface area contributed by atoms with E-state index in [1.165, 1.54) is 0 Å². The van der Waals surface area contributed by atoms with Crippen molar-refractivity contribution in [2.45, 2.75) is 31.6 Å². The second-order valence-corrected chi connectivity index (χ2v) is 8.00. The molecule has 0 saturated carbocycles. The fourth-order valence-corrected chi connectivity index (χ4v) is 4.18. The van der Waals surface area contributed by atoms with Crippen LogP contribution in [0.15, 0.2) is 23.1 Å². The van der Waals surface area contributed by atoms with Gasteiger partial charge in [-0.2, -0.15) is 0 Å². The van der Waals surface area contributed by atoms with Gasteiger partial charge in [0.15, 0.2) is 0 Å². The van der Waals surface area contributed by atoms with Gasteiger partial charge < -0.3 is 5.32 Å². The van der Waals surface area contributed by atoms with E-state index in [4.69, 9.17) is 11.6 Å². The SMILES string of the molecule is Cc1cc(Cl)ccc1S(=O)(=O)NCC1(C)CCCNC1. The maximum atomic E-state index is 12.4. The molecule has 0 bridgehead atoms. The Morgan fingerprint density at radius 3 is 2.80 bits per heavy atom. The highest BCUT2D eigenvalue weighted by Gasteiger charge is 2.29. The van der Waals surface area contributed by atoms with Gasteiger partial charge in [-0.3, -0.25) is 0 Å². The first-order valence-electron chi connectivity index (χ1n) is 6.79. The lowest BCUT2D eigenvalue weighted by Crippen LogP contribution is -2.45. The third kappa shape index (κ3) is 3.73. The van der Waals surface area contributed by atoms with Crippen LogP contribution >= 0.6 is 11.6 Å². The van der Waals surface area contributed by atoms with Gasteiger partial charge in [0.2, 0.25) is 10.0 Å². The first-order valence-corrected chi connectivity index (χ1v) is 8.65. The molecule has 0 amide bonds. The maximum Gasteiger partial charge on any atom is 0.240 e. The summed E-state index contributed by atoms with van der Waals surface area (Å²) in [5, 5.41) is 3.86. The van der Waals surface area contributed by atoms with Crippen molar-refractivity contribution >= 4 is 21.6 Å². The lowest BCUT2D eigenvalue weighted by Gasteiger charge is -2.34. The Bertz CT molecular complexity index is 581. The number of sulfonamides is 1. The van der Waals surface area contributed by atoms with Crippen molar-refractivity contribution < 1.29 is 8.42 Å². The molecule has 1 unspecified atom stereocenters. The van der Waals surface area contributed by atoms with Gasteiger partial charge in [0.05, 0.1) is 4.90 Å². The zero-order chi connectivity index (χ0) is 14.8. The van der Waals surface area contributed by atoms with Gasteiger partial charge in [0.1, 0.15) is 0 Å². The molecular weight excluding hydrogens is 296 g/mol.